The maximum absolute atomic E-state index is 9.59. The molecule has 0 unspecified atom stereocenters. The molecular formula is C8H16O6. The molecule has 0 aromatic heterocycles. The summed E-state index contributed by atoms with van der Waals surface area (Å²) in [5.74, 6) is 0. The number of aliphatic hydroxyl groups excluding tert-OH is 3. The summed E-state index contributed by atoms with van der Waals surface area (Å²) in [6, 6.07) is 0. The minimum absolute atomic E-state index is 0.303. The highest BCUT2D eigenvalue weighted by atomic mass is 16.7. The molecule has 3 N–H and O–H groups in total. The van der Waals surface area contributed by atoms with Crippen molar-refractivity contribution in [2.75, 3.05) is 20.8 Å². The zero-order chi connectivity index (χ0) is 10.7. The largest absolute Gasteiger partial charge is 0.394 e. The minimum atomic E-state index is -1.17. The predicted molar refractivity (Wildman–Crippen MR) is 45.6 cm³/mol. The Kier molecular flexibility index (Phi) is 4.24. The van der Waals surface area contributed by atoms with Gasteiger partial charge < -0.3 is 29.5 Å². The summed E-state index contributed by atoms with van der Waals surface area (Å²) in [6.45, 7) is -0.303. The van der Waals surface area contributed by atoms with E-state index in [4.69, 9.17) is 19.3 Å². The number of hydrogen-bond donors (Lipinski definition) is 3. The maximum atomic E-state index is 9.59. The Bertz CT molecular complexity index is 173. The van der Waals surface area contributed by atoms with Gasteiger partial charge in [-0.3, -0.25) is 0 Å². The van der Waals surface area contributed by atoms with Crippen molar-refractivity contribution >= 4 is 0 Å². The highest BCUT2D eigenvalue weighted by molar-refractivity contribution is 4.89. The van der Waals surface area contributed by atoms with Crippen molar-refractivity contribution in [2.45, 2.75) is 30.7 Å². The molecular weight excluding hydrogens is 192 g/mol. The van der Waals surface area contributed by atoms with Crippen LogP contribution in [0.5, 0.6) is 0 Å². The molecule has 5 atom stereocenters. The third-order valence-corrected chi connectivity index (χ3v) is 2.33. The molecule has 1 heterocycles. The third-order valence-electron chi connectivity index (χ3n) is 2.33. The third kappa shape index (κ3) is 2.05. The van der Waals surface area contributed by atoms with Crippen LogP contribution in [0.25, 0.3) is 0 Å². The molecule has 14 heavy (non-hydrogen) atoms. The molecule has 0 aliphatic carbocycles. The Labute approximate surface area is 82.0 Å². The smallest absolute Gasteiger partial charge is 0.186 e. The van der Waals surface area contributed by atoms with Crippen LogP contribution in [0.3, 0.4) is 0 Å². The van der Waals surface area contributed by atoms with Crippen molar-refractivity contribution in [2.24, 2.45) is 0 Å². The summed E-state index contributed by atoms with van der Waals surface area (Å²) in [5, 5.41) is 28.0. The van der Waals surface area contributed by atoms with Crippen molar-refractivity contribution in [3.63, 3.8) is 0 Å². The monoisotopic (exact) mass is 208 g/mol. The number of rotatable bonds is 3. The Morgan fingerprint density at radius 3 is 2.21 bits per heavy atom. The molecule has 0 spiro atoms. The van der Waals surface area contributed by atoms with Gasteiger partial charge in [0.25, 0.3) is 0 Å². The Morgan fingerprint density at radius 1 is 1.14 bits per heavy atom. The molecule has 1 fully saturated rings. The lowest BCUT2D eigenvalue weighted by Gasteiger charge is -2.40. The minimum Gasteiger partial charge on any atom is -0.394 e. The van der Waals surface area contributed by atoms with Crippen molar-refractivity contribution < 1.29 is 29.5 Å². The number of ether oxygens (including phenoxy) is 3. The fourth-order valence-corrected chi connectivity index (χ4v) is 1.54. The summed E-state index contributed by atoms with van der Waals surface area (Å²) in [7, 11) is 2.72. The average molecular weight is 208 g/mol. The van der Waals surface area contributed by atoms with Crippen LogP contribution in [0.1, 0.15) is 0 Å². The quantitative estimate of drug-likeness (QED) is 0.501. The van der Waals surface area contributed by atoms with Gasteiger partial charge in [-0.2, -0.15) is 0 Å². The second-order valence-corrected chi connectivity index (χ2v) is 3.14. The lowest BCUT2D eigenvalue weighted by atomic mass is 9.99. The Morgan fingerprint density at radius 2 is 1.79 bits per heavy atom. The zero-order valence-corrected chi connectivity index (χ0v) is 8.16. The van der Waals surface area contributed by atoms with E-state index in [1.54, 1.807) is 0 Å². The van der Waals surface area contributed by atoms with Crippen LogP contribution < -0.4 is 0 Å². The van der Waals surface area contributed by atoms with Crippen molar-refractivity contribution in [3.05, 3.63) is 0 Å². The van der Waals surface area contributed by atoms with Crippen LogP contribution in [-0.4, -0.2) is 66.9 Å². The van der Waals surface area contributed by atoms with E-state index in [-0.39, 0.29) is 6.61 Å². The summed E-state index contributed by atoms with van der Waals surface area (Å²) in [5.41, 5.74) is 0. The van der Waals surface area contributed by atoms with Crippen LogP contribution >= 0.6 is 0 Å². The summed E-state index contributed by atoms with van der Waals surface area (Å²) >= 11 is 0. The molecule has 84 valence electrons. The lowest BCUT2D eigenvalue weighted by molar-refractivity contribution is -0.298. The van der Waals surface area contributed by atoms with E-state index in [0.29, 0.717) is 0 Å². The maximum Gasteiger partial charge on any atom is 0.186 e. The first-order valence-electron chi connectivity index (χ1n) is 4.33. The van der Waals surface area contributed by atoms with Crippen molar-refractivity contribution in [1.29, 1.82) is 0 Å². The van der Waals surface area contributed by atoms with Gasteiger partial charge in [-0.15, -0.1) is 0 Å². The van der Waals surface area contributed by atoms with E-state index in [2.05, 4.69) is 0 Å². The molecule has 0 amide bonds. The van der Waals surface area contributed by atoms with Gasteiger partial charge in [-0.25, -0.2) is 0 Å². The van der Waals surface area contributed by atoms with E-state index in [0.717, 1.165) is 0 Å². The number of aliphatic hydroxyl groups is 3. The normalized spacial score (nSPS) is 43.9. The van der Waals surface area contributed by atoms with E-state index in [9.17, 15) is 10.2 Å². The first-order chi connectivity index (χ1) is 6.65. The molecule has 0 radical (unpaired) electrons. The number of methoxy groups -OCH3 is 2. The molecule has 1 aliphatic rings. The first-order valence-corrected chi connectivity index (χ1v) is 4.33. The van der Waals surface area contributed by atoms with Crippen LogP contribution in [0.2, 0.25) is 0 Å². The fourth-order valence-electron chi connectivity index (χ4n) is 1.54. The lowest BCUT2D eigenvalue weighted by Crippen LogP contribution is -2.59. The fraction of sp³-hybridized carbons (Fsp3) is 1.00. The van der Waals surface area contributed by atoms with Gasteiger partial charge in [0.2, 0.25) is 0 Å². The molecule has 1 saturated heterocycles. The predicted octanol–water partition coefficient (Wildman–Crippen LogP) is -1.91. The summed E-state index contributed by atoms with van der Waals surface area (Å²) in [4.78, 5) is 0. The first kappa shape index (κ1) is 11.8. The van der Waals surface area contributed by atoms with Crippen molar-refractivity contribution in [3.8, 4) is 0 Å². The molecule has 0 saturated carbocycles. The van der Waals surface area contributed by atoms with Crippen LogP contribution in [-0.2, 0) is 14.2 Å². The summed E-state index contributed by atoms with van der Waals surface area (Å²) < 4.78 is 14.9. The standard InChI is InChI=1S/C8H16O6/c1-12-7-4(3-9)14-8(13-2)6(11)5(7)10/h4-11H,3H2,1-2H3/t4-,5-,6+,7+,8-/m0/s1. The van der Waals surface area contributed by atoms with Crippen molar-refractivity contribution in [1.82, 2.24) is 0 Å². The van der Waals surface area contributed by atoms with Gasteiger partial charge in [0.05, 0.1) is 6.61 Å². The molecule has 6 nitrogen and oxygen atoms in total. The Balaban J connectivity index is 2.71. The van der Waals surface area contributed by atoms with Crippen LogP contribution in [0, 0.1) is 0 Å². The van der Waals surface area contributed by atoms with Crippen LogP contribution in [0.4, 0.5) is 0 Å². The van der Waals surface area contributed by atoms with E-state index in [1.165, 1.54) is 14.2 Å². The molecule has 0 aromatic carbocycles. The molecule has 1 aliphatic heterocycles. The molecule has 0 bridgehead atoms. The topological polar surface area (TPSA) is 88.4 Å². The second kappa shape index (κ2) is 5.01. The van der Waals surface area contributed by atoms with Crippen LogP contribution in [0.15, 0.2) is 0 Å². The highest BCUT2D eigenvalue weighted by Gasteiger charge is 2.44. The van der Waals surface area contributed by atoms with Gasteiger partial charge in [0.15, 0.2) is 6.29 Å². The SMILES string of the molecule is CO[C@H]1O[C@@H](CO)[C@@H](OC)[C@@H](O)[C@H]1O. The van der Waals surface area contributed by atoms with Gasteiger partial charge in [0.1, 0.15) is 24.4 Å². The average Bonchev–Trinajstić information content (AvgIpc) is 2.21. The summed E-state index contributed by atoms with van der Waals surface area (Å²) in [6.07, 6.45) is -4.68. The van der Waals surface area contributed by atoms with E-state index in [1.807, 2.05) is 0 Å². The second-order valence-electron chi connectivity index (χ2n) is 3.14. The number of hydrogen-bond acceptors (Lipinski definition) is 6. The zero-order valence-electron chi connectivity index (χ0n) is 8.16. The molecule has 0 aromatic rings. The van der Waals surface area contributed by atoms with E-state index < -0.39 is 30.7 Å². The van der Waals surface area contributed by atoms with Gasteiger partial charge in [0, 0.05) is 14.2 Å². The van der Waals surface area contributed by atoms with Gasteiger partial charge >= 0.3 is 0 Å². The molecule has 1 rings (SSSR count). The van der Waals surface area contributed by atoms with E-state index >= 15 is 0 Å². The Hall–Kier alpha value is -0.240. The molecule has 6 heteroatoms. The van der Waals surface area contributed by atoms with Gasteiger partial charge in [-0.1, -0.05) is 0 Å². The highest BCUT2D eigenvalue weighted by Crippen LogP contribution is 2.23. The van der Waals surface area contributed by atoms with Gasteiger partial charge in [-0.05, 0) is 0 Å².